The molecule has 102 valence electrons. The van der Waals surface area contributed by atoms with E-state index >= 15 is 0 Å². The average Bonchev–Trinajstić information content (AvgIpc) is 3.02. The summed E-state index contributed by atoms with van der Waals surface area (Å²) >= 11 is 0. The predicted octanol–water partition coefficient (Wildman–Crippen LogP) is 3.74. The largest absolute Gasteiger partial charge is 0.321 e. The first-order valence-electron chi connectivity index (χ1n) is 7.65. The van der Waals surface area contributed by atoms with Crippen molar-refractivity contribution in [1.29, 1.82) is 0 Å². The van der Waals surface area contributed by atoms with Crippen molar-refractivity contribution in [3.05, 3.63) is 35.1 Å². The monoisotopic (exact) mass is 259 g/mol. The number of aryl methyl sites for hydroxylation is 1. The zero-order valence-corrected chi connectivity index (χ0v) is 11.5. The molecule has 5 unspecified atom stereocenters. The van der Waals surface area contributed by atoms with Crippen molar-refractivity contribution in [2.75, 3.05) is 0 Å². The van der Waals surface area contributed by atoms with Gasteiger partial charge in [0.2, 0.25) is 0 Å². The van der Waals surface area contributed by atoms with Crippen LogP contribution in [0.25, 0.3) is 0 Å². The Hall–Kier alpha value is -0.890. The van der Waals surface area contributed by atoms with Gasteiger partial charge in [-0.15, -0.1) is 0 Å². The molecule has 0 spiro atoms. The van der Waals surface area contributed by atoms with Gasteiger partial charge in [0.15, 0.2) is 0 Å². The maximum atomic E-state index is 14.3. The Morgan fingerprint density at radius 3 is 2.89 bits per heavy atom. The Morgan fingerprint density at radius 1 is 1.26 bits per heavy atom. The Kier molecular flexibility index (Phi) is 2.39. The number of hydrogen-bond donors (Lipinski definition) is 1. The van der Waals surface area contributed by atoms with Crippen LogP contribution in [-0.2, 0) is 5.54 Å². The minimum atomic E-state index is -0.397. The molecule has 1 aromatic carbocycles. The molecule has 1 aromatic rings. The van der Waals surface area contributed by atoms with Crippen LogP contribution in [0.3, 0.4) is 0 Å². The second-order valence-corrected chi connectivity index (χ2v) is 7.09. The van der Waals surface area contributed by atoms with Crippen LogP contribution in [0.2, 0.25) is 0 Å². The number of nitrogens with two attached hydrogens (primary N) is 1. The van der Waals surface area contributed by atoms with Crippen LogP contribution in [0.15, 0.2) is 18.2 Å². The summed E-state index contributed by atoms with van der Waals surface area (Å²) in [5, 5.41) is 0. The summed E-state index contributed by atoms with van der Waals surface area (Å²) < 4.78 is 14.3. The van der Waals surface area contributed by atoms with Gasteiger partial charge in [0.1, 0.15) is 5.82 Å². The molecule has 2 bridgehead atoms. The Labute approximate surface area is 114 Å². The van der Waals surface area contributed by atoms with Crippen LogP contribution in [0, 0.1) is 36.4 Å². The van der Waals surface area contributed by atoms with Gasteiger partial charge in [-0.3, -0.25) is 0 Å². The smallest absolute Gasteiger partial charge is 0.128 e. The van der Waals surface area contributed by atoms with Gasteiger partial charge in [-0.1, -0.05) is 24.1 Å². The molecule has 2 N–H and O–H groups in total. The Morgan fingerprint density at radius 2 is 2.05 bits per heavy atom. The van der Waals surface area contributed by atoms with Gasteiger partial charge < -0.3 is 5.73 Å². The van der Waals surface area contributed by atoms with Crippen molar-refractivity contribution in [2.24, 2.45) is 29.4 Å². The maximum Gasteiger partial charge on any atom is 0.128 e. The molecule has 2 heteroatoms. The van der Waals surface area contributed by atoms with E-state index in [1.54, 1.807) is 6.07 Å². The Balaban J connectivity index is 1.77. The fourth-order valence-corrected chi connectivity index (χ4v) is 5.50. The first kappa shape index (κ1) is 11.9. The Bertz CT molecular complexity index is 526. The summed E-state index contributed by atoms with van der Waals surface area (Å²) in [5.41, 5.74) is 8.25. The summed E-state index contributed by atoms with van der Waals surface area (Å²) in [6.07, 6.45) is 6.30. The van der Waals surface area contributed by atoms with Crippen LogP contribution in [-0.4, -0.2) is 0 Å². The van der Waals surface area contributed by atoms with Gasteiger partial charge in [0.05, 0.1) is 0 Å². The molecule has 3 aliphatic rings. The highest BCUT2D eigenvalue weighted by Crippen LogP contribution is 2.64. The van der Waals surface area contributed by atoms with Crippen LogP contribution < -0.4 is 5.73 Å². The molecule has 4 rings (SSSR count). The predicted molar refractivity (Wildman–Crippen MR) is 74.0 cm³/mol. The molecule has 3 aliphatic carbocycles. The highest BCUT2D eigenvalue weighted by Gasteiger charge is 2.60. The second kappa shape index (κ2) is 3.82. The van der Waals surface area contributed by atoms with Crippen molar-refractivity contribution < 1.29 is 4.39 Å². The molecule has 3 saturated carbocycles. The van der Waals surface area contributed by atoms with Crippen LogP contribution >= 0.6 is 0 Å². The summed E-state index contributed by atoms with van der Waals surface area (Å²) in [5.74, 6) is 2.83. The van der Waals surface area contributed by atoms with E-state index in [2.05, 4.69) is 0 Å². The van der Waals surface area contributed by atoms with Crippen molar-refractivity contribution in [1.82, 2.24) is 0 Å². The van der Waals surface area contributed by atoms with E-state index in [9.17, 15) is 4.39 Å². The lowest BCUT2D eigenvalue weighted by Gasteiger charge is -2.40. The molecule has 0 radical (unpaired) electrons. The average molecular weight is 259 g/mol. The quantitative estimate of drug-likeness (QED) is 0.816. The van der Waals surface area contributed by atoms with Crippen LogP contribution in [0.1, 0.15) is 43.2 Å². The van der Waals surface area contributed by atoms with Gasteiger partial charge >= 0.3 is 0 Å². The molecule has 0 heterocycles. The SMILES string of the molecule is Cc1ccc(F)c(C2(N)CC3CC2C2CCCC32)c1. The normalized spacial score (nSPS) is 43.7. The minimum Gasteiger partial charge on any atom is -0.321 e. The van der Waals surface area contributed by atoms with E-state index in [4.69, 9.17) is 5.73 Å². The standard InChI is InChI=1S/C17H22FN/c1-10-5-6-16(18)15(7-10)17(19)9-11-8-14(17)13-4-2-3-12(11)13/h5-7,11-14H,2-4,8-9,19H2,1H3. The lowest BCUT2D eigenvalue weighted by atomic mass is 9.68. The maximum absolute atomic E-state index is 14.3. The third-order valence-electron chi connectivity index (χ3n) is 6.19. The fourth-order valence-electron chi connectivity index (χ4n) is 5.50. The molecule has 3 fully saturated rings. The van der Waals surface area contributed by atoms with E-state index in [0.29, 0.717) is 5.92 Å². The summed E-state index contributed by atoms with van der Waals surface area (Å²) in [6, 6.07) is 5.42. The first-order valence-corrected chi connectivity index (χ1v) is 7.65. The molecule has 1 nitrogen and oxygen atoms in total. The third-order valence-corrected chi connectivity index (χ3v) is 6.19. The van der Waals surface area contributed by atoms with Crippen molar-refractivity contribution >= 4 is 0 Å². The lowest BCUT2D eigenvalue weighted by molar-refractivity contribution is 0.153. The topological polar surface area (TPSA) is 26.0 Å². The molecule has 0 aliphatic heterocycles. The van der Waals surface area contributed by atoms with Gasteiger partial charge in [0, 0.05) is 11.1 Å². The van der Waals surface area contributed by atoms with Gasteiger partial charge in [-0.2, -0.15) is 0 Å². The molecule has 5 atom stereocenters. The molecule has 0 amide bonds. The zero-order chi connectivity index (χ0) is 13.2. The number of benzene rings is 1. The van der Waals surface area contributed by atoms with Crippen LogP contribution in [0.4, 0.5) is 4.39 Å². The third kappa shape index (κ3) is 1.50. The van der Waals surface area contributed by atoms with E-state index in [0.717, 1.165) is 35.3 Å². The lowest BCUT2D eigenvalue weighted by Crippen LogP contribution is -2.47. The fraction of sp³-hybridized carbons (Fsp3) is 0.647. The van der Waals surface area contributed by atoms with Crippen LogP contribution in [0.5, 0.6) is 0 Å². The molecular formula is C17H22FN. The van der Waals surface area contributed by atoms with E-state index < -0.39 is 5.54 Å². The number of fused-ring (bicyclic) bond motifs is 5. The van der Waals surface area contributed by atoms with E-state index in [1.807, 2.05) is 19.1 Å². The van der Waals surface area contributed by atoms with Gasteiger partial charge in [0.25, 0.3) is 0 Å². The van der Waals surface area contributed by atoms with Crippen molar-refractivity contribution in [3.8, 4) is 0 Å². The number of hydrogen-bond acceptors (Lipinski definition) is 1. The minimum absolute atomic E-state index is 0.102. The molecule has 0 saturated heterocycles. The number of rotatable bonds is 1. The molecule has 0 aromatic heterocycles. The molecular weight excluding hydrogens is 237 g/mol. The summed E-state index contributed by atoms with van der Waals surface area (Å²) in [4.78, 5) is 0. The first-order chi connectivity index (χ1) is 9.09. The highest BCUT2D eigenvalue weighted by atomic mass is 19.1. The molecule has 19 heavy (non-hydrogen) atoms. The summed E-state index contributed by atoms with van der Waals surface area (Å²) in [6.45, 7) is 2.03. The summed E-state index contributed by atoms with van der Waals surface area (Å²) in [7, 11) is 0. The number of halogens is 1. The van der Waals surface area contributed by atoms with Gasteiger partial charge in [-0.05, 0) is 62.3 Å². The van der Waals surface area contributed by atoms with E-state index in [-0.39, 0.29) is 5.82 Å². The van der Waals surface area contributed by atoms with Crippen molar-refractivity contribution in [3.63, 3.8) is 0 Å². The van der Waals surface area contributed by atoms with Gasteiger partial charge in [-0.25, -0.2) is 4.39 Å². The zero-order valence-electron chi connectivity index (χ0n) is 11.5. The van der Waals surface area contributed by atoms with Crippen molar-refractivity contribution in [2.45, 2.75) is 44.6 Å². The highest BCUT2D eigenvalue weighted by molar-refractivity contribution is 5.34. The second-order valence-electron chi connectivity index (χ2n) is 7.09. The van der Waals surface area contributed by atoms with E-state index in [1.165, 1.54) is 25.7 Å².